The molecule has 4 unspecified atom stereocenters. The van der Waals surface area contributed by atoms with Crippen LogP contribution in [0.4, 0.5) is 11.4 Å². The van der Waals surface area contributed by atoms with Gasteiger partial charge in [0, 0.05) is 30.0 Å². The van der Waals surface area contributed by atoms with Gasteiger partial charge in [0.1, 0.15) is 6.07 Å². The van der Waals surface area contributed by atoms with Gasteiger partial charge in [0.15, 0.2) is 12.0 Å². The van der Waals surface area contributed by atoms with Gasteiger partial charge in [-0.15, -0.1) is 0 Å². The zero-order chi connectivity index (χ0) is 23.9. The number of hydrogen-bond donors (Lipinski definition) is 4. The number of aromatic hydroxyl groups is 1. The zero-order valence-electron chi connectivity index (χ0n) is 17.1. The van der Waals surface area contributed by atoms with Crippen LogP contribution in [-0.2, 0) is 4.74 Å². The van der Waals surface area contributed by atoms with Crippen molar-refractivity contribution in [1.82, 2.24) is 10.9 Å². The quantitative estimate of drug-likeness (QED) is 0.379. The summed E-state index contributed by atoms with van der Waals surface area (Å²) in [6.45, 7) is 0. The summed E-state index contributed by atoms with van der Waals surface area (Å²) in [6, 6.07) is 9.93. The summed E-state index contributed by atoms with van der Waals surface area (Å²) >= 11 is 0. The second-order valence-electron chi connectivity index (χ2n) is 7.45. The molecule has 170 valence electrons. The molecule has 2 aromatic carbocycles. The van der Waals surface area contributed by atoms with Crippen LogP contribution in [0.25, 0.3) is 0 Å². The molecular weight excluding hydrogens is 436 g/mol. The number of nitriles is 1. The summed E-state index contributed by atoms with van der Waals surface area (Å²) in [4.78, 5) is 21.5. The summed E-state index contributed by atoms with van der Waals surface area (Å²) in [5, 5.41) is 42.8. The number of phenolic OH excluding ortho intramolecular Hbond substituents is 1. The van der Waals surface area contributed by atoms with Crippen LogP contribution in [0.5, 0.6) is 11.5 Å². The molecule has 13 nitrogen and oxygen atoms in total. The van der Waals surface area contributed by atoms with Gasteiger partial charge in [-0.2, -0.15) is 5.26 Å². The van der Waals surface area contributed by atoms with E-state index in [2.05, 4.69) is 10.9 Å². The average Bonchev–Trinajstić information content (AvgIpc) is 3.21. The fraction of sp³-hybridized carbons (Fsp3) is 0.250. The monoisotopic (exact) mass is 454 g/mol. The molecule has 2 aliphatic rings. The van der Waals surface area contributed by atoms with Gasteiger partial charge in [-0.3, -0.25) is 20.2 Å². The molecule has 13 heteroatoms. The van der Waals surface area contributed by atoms with Crippen molar-refractivity contribution in [1.29, 1.82) is 5.26 Å². The Kier molecular flexibility index (Phi) is 5.46. The second-order valence-corrected chi connectivity index (χ2v) is 7.45. The number of phenols is 1. The fourth-order valence-electron chi connectivity index (χ4n) is 4.30. The molecular formula is C20H18N6O7. The molecule has 0 bridgehead atoms. The standard InChI is InChI=1S/C20H18N6O7/c1-32-14-7-10(6-13(18(14)27)26(30)31)15-12(8-21)19(22)33-20-16(15)17(23-24-20)9-3-2-4-11(5-9)25(28)29/h2-7,15-17,20,23-24,27H,22H2,1H3. The molecule has 33 heavy (non-hydrogen) atoms. The average molecular weight is 454 g/mol. The normalized spacial score (nSPS) is 23.9. The molecule has 0 radical (unpaired) electrons. The van der Waals surface area contributed by atoms with Gasteiger partial charge in [-0.1, -0.05) is 12.1 Å². The highest BCUT2D eigenvalue weighted by Crippen LogP contribution is 2.50. The third-order valence-corrected chi connectivity index (χ3v) is 5.74. The van der Waals surface area contributed by atoms with Crippen LogP contribution in [0, 0.1) is 37.5 Å². The number of nitrogens with one attached hydrogen (secondary N) is 2. The molecule has 0 amide bonds. The Morgan fingerprint density at radius 3 is 2.58 bits per heavy atom. The van der Waals surface area contributed by atoms with Gasteiger partial charge < -0.3 is 20.3 Å². The van der Waals surface area contributed by atoms with Crippen molar-refractivity contribution in [2.75, 3.05) is 7.11 Å². The van der Waals surface area contributed by atoms with Crippen molar-refractivity contribution < 1.29 is 24.4 Å². The summed E-state index contributed by atoms with van der Waals surface area (Å²) in [5.41, 5.74) is 12.1. The maximum Gasteiger partial charge on any atom is 0.314 e. The number of nitro groups is 2. The van der Waals surface area contributed by atoms with E-state index in [0.717, 1.165) is 6.07 Å². The van der Waals surface area contributed by atoms with E-state index in [1.165, 1.54) is 31.4 Å². The van der Waals surface area contributed by atoms with Crippen LogP contribution in [-0.4, -0.2) is 28.3 Å². The number of nitrogens with two attached hydrogens (primary N) is 1. The molecule has 4 atom stereocenters. The summed E-state index contributed by atoms with van der Waals surface area (Å²) in [7, 11) is 1.25. The van der Waals surface area contributed by atoms with Crippen LogP contribution in [0.15, 0.2) is 47.9 Å². The van der Waals surface area contributed by atoms with E-state index >= 15 is 0 Å². The number of nitro benzene ring substituents is 2. The molecule has 2 heterocycles. The summed E-state index contributed by atoms with van der Waals surface area (Å²) < 4.78 is 10.8. The van der Waals surface area contributed by atoms with Crippen LogP contribution in [0.2, 0.25) is 0 Å². The Morgan fingerprint density at radius 1 is 1.18 bits per heavy atom. The Balaban J connectivity index is 1.89. The Bertz CT molecular complexity index is 1220. The topological polar surface area (TPSA) is 199 Å². The molecule has 1 saturated heterocycles. The minimum absolute atomic E-state index is 0.0271. The smallest absolute Gasteiger partial charge is 0.314 e. The lowest BCUT2D eigenvalue weighted by Gasteiger charge is -2.36. The van der Waals surface area contributed by atoms with Gasteiger partial charge in [0.05, 0.1) is 28.6 Å². The predicted octanol–water partition coefficient (Wildman–Crippen LogP) is 1.82. The molecule has 0 aliphatic carbocycles. The SMILES string of the molecule is COc1cc(C2C(C#N)=C(N)OC3NNC(c4cccc([N+](=O)[O-])c4)C32)cc([N+](=O)[O-])c1O. The van der Waals surface area contributed by atoms with Gasteiger partial charge in [0.25, 0.3) is 5.69 Å². The van der Waals surface area contributed by atoms with E-state index in [-0.39, 0.29) is 28.5 Å². The minimum atomic E-state index is -0.825. The number of benzene rings is 2. The summed E-state index contributed by atoms with van der Waals surface area (Å²) in [6.07, 6.45) is -0.754. The van der Waals surface area contributed by atoms with Crippen molar-refractivity contribution in [2.45, 2.75) is 18.2 Å². The molecule has 4 rings (SSSR count). The first kappa shape index (κ1) is 21.8. The summed E-state index contributed by atoms with van der Waals surface area (Å²) in [5.74, 6) is -2.38. The lowest BCUT2D eigenvalue weighted by atomic mass is 9.74. The van der Waals surface area contributed by atoms with Crippen LogP contribution >= 0.6 is 0 Å². The number of hydrogen-bond acceptors (Lipinski definition) is 11. The van der Waals surface area contributed by atoms with Gasteiger partial charge in [-0.25, -0.2) is 10.9 Å². The van der Waals surface area contributed by atoms with Gasteiger partial charge >= 0.3 is 5.69 Å². The second kappa shape index (κ2) is 8.26. The number of methoxy groups -OCH3 is 1. The third kappa shape index (κ3) is 3.63. The number of nitrogens with zero attached hydrogens (tertiary/aromatic N) is 3. The maximum atomic E-state index is 11.5. The van der Waals surface area contributed by atoms with E-state index in [0.29, 0.717) is 5.56 Å². The third-order valence-electron chi connectivity index (χ3n) is 5.74. The van der Waals surface area contributed by atoms with Gasteiger partial charge in [-0.05, 0) is 17.2 Å². The number of non-ortho nitro benzene ring substituents is 1. The first-order valence-electron chi connectivity index (χ1n) is 9.64. The highest BCUT2D eigenvalue weighted by atomic mass is 16.6. The number of hydrazine groups is 1. The number of fused-ring (bicyclic) bond motifs is 1. The Hall–Kier alpha value is -4.41. The van der Waals surface area contributed by atoms with Crippen molar-refractivity contribution in [2.24, 2.45) is 11.7 Å². The van der Waals surface area contributed by atoms with E-state index in [1.54, 1.807) is 6.07 Å². The maximum absolute atomic E-state index is 11.5. The number of rotatable bonds is 5. The van der Waals surface area contributed by atoms with Crippen molar-refractivity contribution in [3.63, 3.8) is 0 Å². The molecule has 0 saturated carbocycles. The zero-order valence-corrected chi connectivity index (χ0v) is 17.1. The molecule has 5 N–H and O–H groups in total. The van der Waals surface area contributed by atoms with E-state index in [4.69, 9.17) is 15.2 Å². The fourth-order valence-corrected chi connectivity index (χ4v) is 4.30. The van der Waals surface area contributed by atoms with Crippen LogP contribution in [0.1, 0.15) is 23.1 Å². The Labute approximate surface area is 186 Å². The molecule has 2 aromatic rings. The van der Waals surface area contributed by atoms with Crippen molar-refractivity contribution in [3.8, 4) is 17.6 Å². The first-order valence-corrected chi connectivity index (χ1v) is 9.64. The first-order chi connectivity index (χ1) is 15.8. The van der Waals surface area contributed by atoms with Crippen LogP contribution in [0.3, 0.4) is 0 Å². The Morgan fingerprint density at radius 2 is 1.94 bits per heavy atom. The number of ether oxygens (including phenoxy) is 2. The molecule has 2 aliphatic heterocycles. The molecule has 1 fully saturated rings. The minimum Gasteiger partial charge on any atom is -0.500 e. The predicted molar refractivity (Wildman–Crippen MR) is 111 cm³/mol. The lowest BCUT2D eigenvalue weighted by molar-refractivity contribution is -0.386. The highest BCUT2D eigenvalue weighted by molar-refractivity contribution is 5.59. The highest BCUT2D eigenvalue weighted by Gasteiger charge is 2.50. The van der Waals surface area contributed by atoms with Crippen LogP contribution < -0.4 is 21.3 Å². The van der Waals surface area contributed by atoms with Gasteiger partial charge in [0.2, 0.25) is 11.6 Å². The molecule has 0 spiro atoms. The van der Waals surface area contributed by atoms with E-state index < -0.39 is 45.4 Å². The van der Waals surface area contributed by atoms with Crippen molar-refractivity contribution >= 4 is 11.4 Å². The van der Waals surface area contributed by atoms with Crippen molar-refractivity contribution in [3.05, 3.63) is 79.2 Å². The van der Waals surface area contributed by atoms with E-state index in [9.17, 15) is 30.6 Å². The largest absolute Gasteiger partial charge is 0.500 e. The number of allylic oxidation sites excluding steroid dienone is 1. The lowest BCUT2D eigenvalue weighted by Crippen LogP contribution is -2.41. The molecule has 0 aromatic heterocycles. The van der Waals surface area contributed by atoms with E-state index in [1.807, 2.05) is 6.07 Å².